The van der Waals surface area contributed by atoms with Gasteiger partial charge in [-0.3, -0.25) is 4.90 Å². The van der Waals surface area contributed by atoms with Crippen LogP contribution < -0.4 is 5.48 Å². The average molecular weight is 621 g/mol. The SMILES string of the molecule is O=C(NOC(=O)C(F)(F)F)OCc1ccc(CN(C[C@H](O)[C@@H](O)[C@H](O)[C@H](O)CO)C[C@H](O)[C@@H](O)[C@H](O)[C@H](O)CO)cc1. The Hall–Kier alpha value is -2.69. The molecule has 8 atom stereocenters. The van der Waals surface area contributed by atoms with Gasteiger partial charge in [0.25, 0.3) is 0 Å². The zero-order valence-electron chi connectivity index (χ0n) is 21.9. The molecule has 42 heavy (non-hydrogen) atoms. The minimum Gasteiger partial charge on any atom is -0.443 e. The number of hydroxylamine groups is 1. The molecule has 0 unspecified atom stereocenters. The van der Waals surface area contributed by atoms with Crippen LogP contribution >= 0.6 is 0 Å². The normalized spacial score (nSPS) is 17.9. The van der Waals surface area contributed by atoms with Crippen LogP contribution in [0, 0.1) is 0 Å². The van der Waals surface area contributed by atoms with E-state index in [2.05, 4.69) is 9.57 Å². The monoisotopic (exact) mass is 620 g/mol. The molecule has 0 fully saturated rings. The van der Waals surface area contributed by atoms with Gasteiger partial charge in [0.2, 0.25) is 0 Å². The predicted octanol–water partition coefficient (Wildman–Crippen LogP) is -4.39. The van der Waals surface area contributed by atoms with E-state index in [0.717, 1.165) is 0 Å². The number of aliphatic hydroxyl groups is 10. The largest absolute Gasteiger partial charge is 0.493 e. The summed E-state index contributed by atoms with van der Waals surface area (Å²) in [6.45, 7) is -3.49. The molecule has 1 amide bonds. The molecule has 1 rings (SSSR count). The number of ether oxygens (including phenoxy) is 1. The molecule has 0 spiro atoms. The first-order valence-corrected chi connectivity index (χ1v) is 12.2. The molecule has 242 valence electrons. The van der Waals surface area contributed by atoms with Crippen LogP contribution in [0.15, 0.2) is 24.3 Å². The van der Waals surface area contributed by atoms with Gasteiger partial charge in [0.05, 0.1) is 25.4 Å². The van der Waals surface area contributed by atoms with Crippen LogP contribution in [0.3, 0.4) is 0 Å². The van der Waals surface area contributed by atoms with Crippen molar-refractivity contribution in [3.8, 4) is 0 Å². The first-order chi connectivity index (χ1) is 19.5. The average Bonchev–Trinajstić information content (AvgIpc) is 2.96. The Morgan fingerprint density at radius 2 is 1.14 bits per heavy atom. The topological polar surface area (TPSA) is 270 Å². The van der Waals surface area contributed by atoms with Crippen molar-refractivity contribution in [2.45, 2.75) is 68.2 Å². The van der Waals surface area contributed by atoms with Gasteiger partial charge in [-0.05, 0) is 11.1 Å². The zero-order chi connectivity index (χ0) is 32.2. The van der Waals surface area contributed by atoms with E-state index in [0.29, 0.717) is 11.1 Å². The molecule has 0 bridgehead atoms. The Labute approximate surface area is 236 Å². The number of carbonyl (C=O) groups is 2. The van der Waals surface area contributed by atoms with E-state index >= 15 is 0 Å². The Bertz CT molecular complexity index is 927. The summed E-state index contributed by atoms with van der Waals surface area (Å²) in [6.07, 6.45) is -21.8. The second-order valence-corrected chi connectivity index (χ2v) is 9.17. The summed E-state index contributed by atoms with van der Waals surface area (Å²) in [5.41, 5.74) is 1.93. The highest BCUT2D eigenvalue weighted by Gasteiger charge is 2.42. The summed E-state index contributed by atoms with van der Waals surface area (Å²) in [5, 5.41) is 97.8. The van der Waals surface area contributed by atoms with Crippen LogP contribution in [0.5, 0.6) is 0 Å². The van der Waals surface area contributed by atoms with Crippen LogP contribution in [0.25, 0.3) is 0 Å². The van der Waals surface area contributed by atoms with Crippen molar-refractivity contribution in [1.82, 2.24) is 10.4 Å². The molecule has 0 aliphatic rings. The smallest absolute Gasteiger partial charge is 0.443 e. The maximum absolute atomic E-state index is 12.1. The lowest BCUT2D eigenvalue weighted by Crippen LogP contribution is -2.53. The number of aliphatic hydroxyl groups excluding tert-OH is 10. The van der Waals surface area contributed by atoms with Crippen molar-refractivity contribution in [2.24, 2.45) is 0 Å². The highest BCUT2D eigenvalue weighted by Crippen LogP contribution is 2.16. The third kappa shape index (κ3) is 12.3. The van der Waals surface area contributed by atoms with Gasteiger partial charge >= 0.3 is 18.2 Å². The summed E-state index contributed by atoms with van der Waals surface area (Å²) in [6, 6.07) is 5.71. The molecule has 0 aliphatic heterocycles. The summed E-state index contributed by atoms with van der Waals surface area (Å²) >= 11 is 0. The lowest BCUT2D eigenvalue weighted by Gasteiger charge is -2.33. The summed E-state index contributed by atoms with van der Waals surface area (Å²) < 4.78 is 40.9. The maximum atomic E-state index is 12.1. The van der Waals surface area contributed by atoms with E-state index in [9.17, 15) is 63.6 Å². The molecule has 1 aromatic carbocycles. The molecule has 11 N–H and O–H groups in total. The number of hydrogen-bond donors (Lipinski definition) is 11. The zero-order valence-corrected chi connectivity index (χ0v) is 21.9. The summed E-state index contributed by atoms with van der Waals surface area (Å²) in [7, 11) is 0. The quantitative estimate of drug-likeness (QED) is 0.0779. The van der Waals surface area contributed by atoms with E-state index in [1.54, 1.807) is 0 Å². The number of rotatable bonds is 16. The molecule has 0 aromatic heterocycles. The number of benzene rings is 1. The van der Waals surface area contributed by atoms with Gasteiger partial charge in [-0.1, -0.05) is 24.3 Å². The van der Waals surface area contributed by atoms with Crippen LogP contribution in [-0.2, 0) is 27.5 Å². The molecular weight excluding hydrogens is 585 g/mol. The van der Waals surface area contributed by atoms with Gasteiger partial charge in [-0.15, -0.1) is 5.48 Å². The van der Waals surface area contributed by atoms with Crippen LogP contribution in [-0.4, -0.2) is 149 Å². The molecule has 0 heterocycles. The van der Waals surface area contributed by atoms with Crippen molar-refractivity contribution >= 4 is 12.1 Å². The third-order valence-electron chi connectivity index (χ3n) is 5.80. The molecule has 1 aromatic rings. The molecular formula is C23H35F3N2O14. The molecule has 0 aliphatic carbocycles. The minimum atomic E-state index is -5.33. The lowest BCUT2D eigenvalue weighted by molar-refractivity contribution is -0.205. The first-order valence-electron chi connectivity index (χ1n) is 12.2. The Morgan fingerprint density at radius 3 is 1.55 bits per heavy atom. The number of nitrogens with one attached hydrogen (secondary N) is 1. The fourth-order valence-electron chi connectivity index (χ4n) is 3.40. The van der Waals surface area contributed by atoms with Gasteiger partial charge < -0.3 is 60.6 Å². The van der Waals surface area contributed by atoms with Crippen molar-refractivity contribution in [2.75, 3.05) is 26.3 Å². The molecule has 0 saturated heterocycles. The second kappa shape index (κ2) is 17.4. The van der Waals surface area contributed by atoms with Crippen LogP contribution in [0.1, 0.15) is 11.1 Å². The summed E-state index contributed by atoms with van der Waals surface area (Å²) in [4.78, 5) is 26.8. The van der Waals surface area contributed by atoms with Gasteiger partial charge in [-0.25, -0.2) is 9.59 Å². The van der Waals surface area contributed by atoms with Crippen molar-refractivity contribution < 1.29 is 83.4 Å². The molecule has 0 saturated carbocycles. The van der Waals surface area contributed by atoms with Crippen molar-refractivity contribution in [1.29, 1.82) is 0 Å². The number of amides is 1. The van der Waals surface area contributed by atoms with Gasteiger partial charge in [0, 0.05) is 19.6 Å². The Balaban J connectivity index is 2.91. The fraction of sp³-hybridized carbons (Fsp3) is 0.652. The van der Waals surface area contributed by atoms with Crippen LogP contribution in [0.4, 0.5) is 18.0 Å². The number of halogens is 3. The second-order valence-electron chi connectivity index (χ2n) is 9.17. The molecule has 0 radical (unpaired) electrons. The highest BCUT2D eigenvalue weighted by atomic mass is 19.4. The van der Waals surface area contributed by atoms with Crippen molar-refractivity contribution in [3.63, 3.8) is 0 Å². The van der Waals surface area contributed by atoms with E-state index in [-0.39, 0.29) is 6.54 Å². The summed E-state index contributed by atoms with van der Waals surface area (Å²) in [5.74, 6) is -2.66. The highest BCUT2D eigenvalue weighted by molar-refractivity contribution is 5.77. The predicted molar refractivity (Wildman–Crippen MR) is 129 cm³/mol. The Kier molecular flexibility index (Phi) is 15.5. The first kappa shape index (κ1) is 37.3. The number of hydrogen-bond acceptors (Lipinski definition) is 15. The van der Waals surface area contributed by atoms with E-state index in [1.807, 2.05) is 0 Å². The molecule has 16 nitrogen and oxygen atoms in total. The van der Waals surface area contributed by atoms with Gasteiger partial charge in [0.15, 0.2) is 0 Å². The standard InChI is InChI=1S/C23H35F3N2O14/c24-23(25,26)21(39)42-27-22(40)41-10-12-3-1-11(2-4-12)5-28(6-13(31)17(35)19(37)15(33)8-29)7-14(32)18(36)20(38)16(34)9-30/h1-4,13-20,29-38H,5-10H2,(H,27,40)/t13-,14-,15+,16+,17+,18+,19+,20+/m0/s1. The minimum absolute atomic E-state index is 0.139. The van der Waals surface area contributed by atoms with E-state index in [4.69, 9.17) is 10.2 Å². The van der Waals surface area contributed by atoms with Crippen molar-refractivity contribution in [3.05, 3.63) is 35.4 Å². The lowest BCUT2D eigenvalue weighted by atomic mass is 10.0. The number of carbonyl (C=O) groups excluding carboxylic acids is 2. The fourth-order valence-corrected chi connectivity index (χ4v) is 3.40. The maximum Gasteiger partial charge on any atom is 0.493 e. The van der Waals surface area contributed by atoms with Crippen LogP contribution in [0.2, 0.25) is 0 Å². The van der Waals surface area contributed by atoms with E-state index < -0.39 is 100.0 Å². The number of nitrogens with zero attached hydrogens (tertiary/aromatic N) is 1. The van der Waals surface area contributed by atoms with Gasteiger partial charge in [-0.2, -0.15) is 13.2 Å². The van der Waals surface area contributed by atoms with Gasteiger partial charge in [0.1, 0.15) is 43.2 Å². The molecule has 19 heteroatoms. The Morgan fingerprint density at radius 1 is 0.738 bits per heavy atom. The van der Waals surface area contributed by atoms with E-state index in [1.165, 1.54) is 34.6 Å². The third-order valence-corrected chi connectivity index (χ3v) is 5.80. The number of alkyl halides is 3.